The molecule has 1 heteroatoms. The molecule has 0 unspecified atom stereocenters. The third-order valence-electron chi connectivity index (χ3n) is 7.06. The molecule has 0 saturated heterocycles. The molecule has 1 radical (unpaired) electrons. The normalized spacial score (nSPS) is 13.5. The molecule has 0 aliphatic heterocycles. The molecule has 0 amide bonds. The molecule has 0 atom stereocenters. The van der Waals surface area contributed by atoms with E-state index in [2.05, 4.69) is 161 Å². The molecule has 0 aliphatic carbocycles. The Morgan fingerprint density at radius 1 is 0.243 bits per heavy atom. The number of benzene rings is 2. The summed E-state index contributed by atoms with van der Waals surface area (Å²) in [6, 6.07) is 14.3. The number of hydrogen-bond acceptors (Lipinski definition) is 0. The van der Waals surface area contributed by atoms with Crippen molar-refractivity contribution in [2.45, 2.75) is 157 Å². The van der Waals surface area contributed by atoms with E-state index in [-0.39, 0.29) is 65.2 Å². The first-order chi connectivity index (χ1) is 15.6. The third-order valence-corrected chi connectivity index (χ3v) is 7.06. The Hall–Kier alpha value is -0.456. The van der Waals surface area contributed by atoms with Crippen LogP contribution >= 0.6 is 0 Å². The maximum atomic E-state index is 2.38. The van der Waals surface area contributed by atoms with Gasteiger partial charge in [-0.15, -0.1) is 0 Å². The average Bonchev–Trinajstić information content (AvgIpc) is 2.63. The summed E-state index contributed by atoms with van der Waals surface area (Å²) in [5, 5.41) is 0. The van der Waals surface area contributed by atoms with E-state index in [0.29, 0.717) is 0 Å². The van der Waals surface area contributed by atoms with Crippen molar-refractivity contribution < 1.29 is 32.7 Å². The fraction of sp³-hybridized carbons (Fsp3) is 0.667. The summed E-state index contributed by atoms with van der Waals surface area (Å²) >= 11 is 0. The van der Waals surface area contributed by atoms with Crippen LogP contribution in [0.25, 0.3) is 0 Å². The Labute approximate surface area is 258 Å². The van der Waals surface area contributed by atoms with Gasteiger partial charge in [0.25, 0.3) is 0 Å². The summed E-state index contributed by atoms with van der Waals surface area (Å²) in [6.07, 6.45) is 0. The number of hydrogen-bond donors (Lipinski definition) is 0. The van der Waals surface area contributed by atoms with E-state index in [4.69, 9.17) is 0 Å². The fourth-order valence-corrected chi connectivity index (χ4v) is 3.85. The molecule has 2 aromatic rings. The monoisotopic (exact) mass is 581 g/mol. The Kier molecular flexibility index (Phi) is 11.8. The van der Waals surface area contributed by atoms with Crippen molar-refractivity contribution in [3.8, 4) is 0 Å². The van der Waals surface area contributed by atoms with Gasteiger partial charge < -0.3 is 0 Å². The molecule has 0 saturated carbocycles. The smallest absolute Gasteiger partial charge is 0 e. The maximum absolute atomic E-state index is 2.38. The molecule has 2 rings (SSSR count). The van der Waals surface area contributed by atoms with Crippen molar-refractivity contribution in [2.24, 2.45) is 0 Å². The minimum atomic E-state index is 0. The zero-order chi connectivity index (χ0) is 28.7. The van der Waals surface area contributed by atoms with Crippen LogP contribution in [0.5, 0.6) is 0 Å². The summed E-state index contributed by atoms with van der Waals surface area (Å²) in [5.41, 5.74) is 9.92. The van der Waals surface area contributed by atoms with Gasteiger partial charge in [0.2, 0.25) is 0 Å². The number of rotatable bonds is 0. The van der Waals surface area contributed by atoms with Crippen LogP contribution in [-0.4, -0.2) is 0 Å². The SMILES string of the molecule is CC(C)(C)c1cc(C(C)(C)C)cc(C(C)(C)C)c1.CC(C)(C)c1cc(C(C)(C)C)cc(C(C)(C)C)c1.[Y]. The van der Waals surface area contributed by atoms with Crippen molar-refractivity contribution in [1.29, 1.82) is 0 Å². The summed E-state index contributed by atoms with van der Waals surface area (Å²) in [5.74, 6) is 0. The van der Waals surface area contributed by atoms with Gasteiger partial charge in [-0.05, 0) is 65.9 Å². The van der Waals surface area contributed by atoms with E-state index < -0.39 is 0 Å². The van der Waals surface area contributed by atoms with Gasteiger partial charge in [0.15, 0.2) is 0 Å². The van der Waals surface area contributed by atoms with E-state index in [1.165, 1.54) is 33.4 Å². The summed E-state index contributed by atoms with van der Waals surface area (Å²) in [4.78, 5) is 0. The van der Waals surface area contributed by atoms with Gasteiger partial charge in [-0.2, -0.15) is 0 Å². The van der Waals surface area contributed by atoms with Crippen LogP contribution in [0, 0.1) is 0 Å². The standard InChI is InChI=1S/2C18H30.Y/c2*1-16(2,3)13-10-14(17(4,5)6)12-15(11-13)18(7,8)9;/h2*10-12H,1-9H3;. The van der Waals surface area contributed by atoms with Gasteiger partial charge in [-0.1, -0.05) is 161 Å². The average molecular weight is 582 g/mol. The van der Waals surface area contributed by atoms with Crippen LogP contribution in [0.2, 0.25) is 0 Å². The molecule has 0 bridgehead atoms. The van der Waals surface area contributed by atoms with Crippen LogP contribution < -0.4 is 0 Å². The third kappa shape index (κ3) is 11.3. The molecule has 0 spiro atoms. The van der Waals surface area contributed by atoms with Crippen LogP contribution in [0.3, 0.4) is 0 Å². The second kappa shape index (κ2) is 12.0. The molecule has 0 nitrogen and oxygen atoms in total. The van der Waals surface area contributed by atoms with Crippen molar-refractivity contribution in [3.63, 3.8) is 0 Å². The summed E-state index contributed by atoms with van der Waals surface area (Å²) in [7, 11) is 0. The molecule has 0 aromatic heterocycles. The Morgan fingerprint density at radius 2 is 0.324 bits per heavy atom. The van der Waals surface area contributed by atoms with Gasteiger partial charge in [-0.3, -0.25) is 0 Å². The predicted molar refractivity (Wildman–Crippen MR) is 165 cm³/mol. The van der Waals surface area contributed by atoms with Crippen molar-refractivity contribution in [1.82, 2.24) is 0 Å². The van der Waals surface area contributed by atoms with Crippen LogP contribution in [-0.2, 0) is 65.2 Å². The fourth-order valence-electron chi connectivity index (χ4n) is 3.85. The first-order valence-electron chi connectivity index (χ1n) is 14.0. The summed E-state index contributed by atoms with van der Waals surface area (Å²) in [6.45, 7) is 41.3. The molecule has 2 aromatic carbocycles. The first kappa shape index (κ1) is 36.5. The van der Waals surface area contributed by atoms with E-state index in [1.807, 2.05) is 0 Å². The van der Waals surface area contributed by atoms with Crippen molar-refractivity contribution >= 4 is 0 Å². The largest absolute Gasteiger partial charge is 0.0561 e. The molecule has 0 fully saturated rings. The second-order valence-corrected chi connectivity index (χ2v) is 17.1. The van der Waals surface area contributed by atoms with Crippen LogP contribution in [0.4, 0.5) is 0 Å². The Bertz CT molecular complexity index is 768. The minimum absolute atomic E-state index is 0. The quantitative estimate of drug-likeness (QED) is 0.290. The molecule has 0 aliphatic rings. The predicted octanol–water partition coefficient (Wildman–Crippen LogP) is 11.2. The minimum Gasteiger partial charge on any atom is -0.0561 e. The van der Waals surface area contributed by atoms with E-state index in [1.54, 1.807) is 0 Å². The molecular weight excluding hydrogens is 521 g/mol. The van der Waals surface area contributed by atoms with Gasteiger partial charge in [-0.25, -0.2) is 0 Å². The van der Waals surface area contributed by atoms with Gasteiger partial charge in [0.05, 0.1) is 0 Å². The first-order valence-corrected chi connectivity index (χ1v) is 14.0. The molecule has 0 N–H and O–H groups in total. The van der Waals surface area contributed by atoms with Gasteiger partial charge >= 0.3 is 0 Å². The Morgan fingerprint density at radius 3 is 0.378 bits per heavy atom. The van der Waals surface area contributed by atoms with Crippen LogP contribution in [0.1, 0.15) is 158 Å². The zero-order valence-corrected chi connectivity index (χ0v) is 30.9. The van der Waals surface area contributed by atoms with Crippen molar-refractivity contribution in [2.75, 3.05) is 0 Å². The Balaban J connectivity index is 0.000000682. The molecular formula is C36H60Y. The zero-order valence-electron chi connectivity index (χ0n) is 28.0. The van der Waals surface area contributed by atoms with Gasteiger partial charge in [0, 0.05) is 32.7 Å². The van der Waals surface area contributed by atoms with Gasteiger partial charge in [0.1, 0.15) is 0 Å². The maximum Gasteiger partial charge on any atom is 0 e. The molecule has 207 valence electrons. The molecule has 37 heavy (non-hydrogen) atoms. The topological polar surface area (TPSA) is 0 Å². The van der Waals surface area contributed by atoms with E-state index in [0.717, 1.165) is 0 Å². The molecule has 0 heterocycles. The van der Waals surface area contributed by atoms with E-state index in [9.17, 15) is 0 Å². The van der Waals surface area contributed by atoms with E-state index >= 15 is 0 Å². The summed E-state index contributed by atoms with van der Waals surface area (Å²) < 4.78 is 0. The van der Waals surface area contributed by atoms with Crippen molar-refractivity contribution in [3.05, 3.63) is 69.8 Å². The van der Waals surface area contributed by atoms with Crippen LogP contribution in [0.15, 0.2) is 36.4 Å². The second-order valence-electron chi connectivity index (χ2n) is 17.1.